The van der Waals surface area contributed by atoms with Gasteiger partial charge in [-0.05, 0) is 38.5 Å². The zero-order valence-corrected chi connectivity index (χ0v) is 19.1. The van der Waals surface area contributed by atoms with Crippen molar-refractivity contribution in [3.8, 4) is 0 Å². The zero-order chi connectivity index (χ0) is 22.4. The maximum Gasteiger partial charge on any atom is 0.330 e. The van der Waals surface area contributed by atoms with Crippen LogP contribution in [0.1, 0.15) is 52.4 Å². The highest BCUT2D eigenvalue weighted by atomic mass is 32.2. The van der Waals surface area contributed by atoms with Gasteiger partial charge in [0, 0.05) is 24.7 Å². The molecule has 31 heavy (non-hydrogen) atoms. The molecule has 0 saturated carbocycles. The number of carbonyl (C=O) groups excluding carboxylic acids is 2. The van der Waals surface area contributed by atoms with Crippen LogP contribution in [-0.4, -0.2) is 62.8 Å². The van der Waals surface area contributed by atoms with Crippen LogP contribution in [0.4, 0.5) is 4.79 Å². The summed E-state index contributed by atoms with van der Waals surface area (Å²) in [5, 5.41) is 20.8. The summed E-state index contributed by atoms with van der Waals surface area (Å²) in [6.45, 7) is 3.54. The molecule has 0 unspecified atom stereocenters. The summed E-state index contributed by atoms with van der Waals surface area (Å²) in [6, 6.07) is -0.690. The Kier molecular flexibility index (Phi) is 8.38. The van der Waals surface area contributed by atoms with Gasteiger partial charge in [-0.15, -0.1) is 0 Å². The fraction of sp³-hybridized carbons (Fsp3) is 0.652. The van der Waals surface area contributed by atoms with Gasteiger partial charge in [0.15, 0.2) is 5.79 Å². The molecule has 2 bridgehead atoms. The lowest BCUT2D eigenvalue weighted by Crippen LogP contribution is -2.59. The summed E-state index contributed by atoms with van der Waals surface area (Å²) in [5.74, 6) is -1.46. The Morgan fingerprint density at radius 1 is 1.26 bits per heavy atom. The number of ether oxygens (including phenoxy) is 2. The van der Waals surface area contributed by atoms with Crippen LogP contribution in [0.15, 0.2) is 36.0 Å². The maximum absolute atomic E-state index is 12.5. The third-order valence-corrected chi connectivity index (χ3v) is 7.01. The minimum Gasteiger partial charge on any atom is -0.459 e. The summed E-state index contributed by atoms with van der Waals surface area (Å²) >= 11 is 1.05. The van der Waals surface area contributed by atoms with Crippen molar-refractivity contribution in [3.63, 3.8) is 0 Å². The van der Waals surface area contributed by atoms with Gasteiger partial charge in [0.1, 0.15) is 12.8 Å². The van der Waals surface area contributed by atoms with E-state index >= 15 is 0 Å². The van der Waals surface area contributed by atoms with E-state index < -0.39 is 30.6 Å². The second kappa shape index (κ2) is 10.8. The molecule has 172 valence electrons. The quantitative estimate of drug-likeness (QED) is 0.620. The minimum atomic E-state index is -1.68. The highest BCUT2D eigenvalue weighted by Crippen LogP contribution is 2.40. The molecule has 0 aliphatic carbocycles. The van der Waals surface area contributed by atoms with Gasteiger partial charge < -0.3 is 24.6 Å². The molecule has 0 aromatic carbocycles. The number of carbonyl (C=O) groups is 2. The molecule has 0 aromatic heterocycles. The molecule has 7 nitrogen and oxygen atoms in total. The Morgan fingerprint density at radius 3 is 2.84 bits per heavy atom. The van der Waals surface area contributed by atoms with E-state index in [-0.39, 0.29) is 17.8 Å². The number of nitrogens with zero attached hydrogens (tertiary/aromatic N) is 1. The van der Waals surface area contributed by atoms with Crippen LogP contribution in [0, 0.1) is 5.92 Å². The number of amides is 1. The molecule has 5 atom stereocenters. The second-order valence-electron chi connectivity index (χ2n) is 8.68. The largest absolute Gasteiger partial charge is 0.459 e. The van der Waals surface area contributed by atoms with Gasteiger partial charge >= 0.3 is 5.97 Å². The maximum atomic E-state index is 12.5. The van der Waals surface area contributed by atoms with Crippen LogP contribution in [0.5, 0.6) is 0 Å². The third-order valence-electron chi connectivity index (χ3n) is 6.05. The van der Waals surface area contributed by atoms with E-state index in [4.69, 9.17) is 9.47 Å². The lowest BCUT2D eigenvalue weighted by Gasteiger charge is -2.45. The van der Waals surface area contributed by atoms with E-state index in [9.17, 15) is 19.8 Å². The van der Waals surface area contributed by atoms with E-state index in [1.807, 2.05) is 19.1 Å². The van der Waals surface area contributed by atoms with Gasteiger partial charge in [-0.2, -0.15) is 0 Å². The molecule has 2 N–H and O–H groups in total. The van der Waals surface area contributed by atoms with E-state index in [1.54, 1.807) is 0 Å². The second-order valence-corrected chi connectivity index (χ2v) is 9.66. The van der Waals surface area contributed by atoms with Gasteiger partial charge in [0.05, 0.1) is 12.1 Å². The molecular weight excluding hydrogens is 418 g/mol. The third kappa shape index (κ3) is 6.44. The van der Waals surface area contributed by atoms with E-state index in [1.165, 1.54) is 11.0 Å². The predicted octanol–water partition coefficient (Wildman–Crippen LogP) is 3.52. The lowest BCUT2D eigenvalue weighted by atomic mass is 9.90. The zero-order valence-electron chi connectivity index (χ0n) is 18.2. The highest BCUT2D eigenvalue weighted by Gasteiger charge is 2.52. The standard InChI is InChI=1S/C23H33NO6S/c1-16-7-5-3-4-6-8-17(2)11-21(26)29-19-12-18(10-9-16)30-23(28,13-19)20-14-31-22(27)24(20)15-25/h3-5,7,11,16,18-20,25,28H,6,8-10,12-15H2,1-2H3/b4-3+,7-5-,17-11-/t16-,18+,19+,20-,23+/m0/s1. The van der Waals surface area contributed by atoms with Gasteiger partial charge in [-0.3, -0.25) is 4.79 Å². The summed E-state index contributed by atoms with van der Waals surface area (Å²) in [6.07, 6.45) is 12.7. The number of fused-ring (bicyclic) bond motifs is 2. The number of hydrogen-bond donors (Lipinski definition) is 2. The fourth-order valence-electron chi connectivity index (χ4n) is 4.31. The number of aliphatic hydroxyl groups excluding tert-OH is 1. The van der Waals surface area contributed by atoms with Gasteiger partial charge in [-0.1, -0.05) is 48.6 Å². The SMILES string of the molecule is C/C1=C/C(=O)O[C@@H]2C[C@@H](CC[C@@H](C)/C=C\C=C\CC1)O[C@@](O)([C@@H]1CSC(=O)N1CO)C2. The Hall–Kier alpha value is -1.61. The van der Waals surface area contributed by atoms with Crippen LogP contribution in [-0.2, 0) is 14.3 Å². The molecule has 2 saturated heterocycles. The van der Waals surface area contributed by atoms with Gasteiger partial charge in [0.25, 0.3) is 5.24 Å². The Labute approximate surface area is 188 Å². The normalized spacial score (nSPS) is 39.5. The molecule has 3 aliphatic rings. The summed E-state index contributed by atoms with van der Waals surface area (Å²) in [4.78, 5) is 25.8. The minimum absolute atomic E-state index is 0.0648. The van der Waals surface area contributed by atoms with Crippen molar-refractivity contribution >= 4 is 23.0 Å². The number of allylic oxidation sites excluding steroid dienone is 5. The highest BCUT2D eigenvalue weighted by molar-refractivity contribution is 8.13. The van der Waals surface area contributed by atoms with E-state index in [0.717, 1.165) is 36.6 Å². The summed E-state index contributed by atoms with van der Waals surface area (Å²) in [5.41, 5.74) is 0.933. The fourth-order valence-corrected chi connectivity index (χ4v) is 5.40. The van der Waals surface area contributed by atoms with Crippen LogP contribution < -0.4 is 0 Å². The predicted molar refractivity (Wildman–Crippen MR) is 119 cm³/mol. The van der Waals surface area contributed by atoms with Gasteiger partial charge in [0.2, 0.25) is 0 Å². The Bertz CT molecular complexity index is 750. The van der Waals surface area contributed by atoms with E-state index in [0.29, 0.717) is 24.5 Å². The van der Waals surface area contributed by atoms with Crippen molar-refractivity contribution in [2.24, 2.45) is 5.92 Å². The van der Waals surface area contributed by atoms with Crippen molar-refractivity contribution < 1.29 is 29.3 Å². The number of hydrogen-bond acceptors (Lipinski definition) is 7. The van der Waals surface area contributed by atoms with Crippen molar-refractivity contribution in [1.29, 1.82) is 0 Å². The molecule has 3 aliphatic heterocycles. The molecule has 2 fully saturated rings. The average Bonchev–Trinajstić information content (AvgIpc) is 3.09. The van der Waals surface area contributed by atoms with Gasteiger partial charge in [-0.25, -0.2) is 4.79 Å². The molecule has 0 radical (unpaired) electrons. The molecule has 1 amide bonds. The molecule has 3 heterocycles. The average molecular weight is 452 g/mol. The molecule has 8 heteroatoms. The van der Waals surface area contributed by atoms with Crippen LogP contribution >= 0.6 is 11.8 Å². The first-order chi connectivity index (χ1) is 14.8. The Balaban J connectivity index is 1.82. The number of rotatable bonds is 2. The van der Waals surface area contributed by atoms with Crippen LogP contribution in [0.25, 0.3) is 0 Å². The first-order valence-corrected chi connectivity index (χ1v) is 11.9. The number of thioether (sulfide) groups is 1. The summed E-state index contributed by atoms with van der Waals surface area (Å²) < 4.78 is 11.8. The van der Waals surface area contributed by atoms with Crippen molar-refractivity contribution in [1.82, 2.24) is 4.90 Å². The number of aliphatic hydroxyl groups is 2. The molecule has 0 aromatic rings. The smallest absolute Gasteiger partial charge is 0.330 e. The van der Waals surface area contributed by atoms with Crippen molar-refractivity contribution in [3.05, 3.63) is 36.0 Å². The van der Waals surface area contributed by atoms with Crippen LogP contribution in [0.2, 0.25) is 0 Å². The summed E-state index contributed by atoms with van der Waals surface area (Å²) in [7, 11) is 0. The van der Waals surface area contributed by atoms with E-state index in [2.05, 4.69) is 19.1 Å². The molecular formula is C23H33NO6S. The first-order valence-electron chi connectivity index (χ1n) is 11.0. The first kappa shape index (κ1) is 24.0. The van der Waals surface area contributed by atoms with Crippen molar-refractivity contribution in [2.45, 2.75) is 76.4 Å². The molecule has 0 spiro atoms. The lowest BCUT2D eigenvalue weighted by molar-refractivity contribution is -0.295. The molecule has 3 rings (SSSR count). The topological polar surface area (TPSA) is 96.3 Å². The van der Waals surface area contributed by atoms with Crippen LogP contribution in [0.3, 0.4) is 0 Å². The Morgan fingerprint density at radius 2 is 2.06 bits per heavy atom. The monoisotopic (exact) mass is 451 g/mol. The van der Waals surface area contributed by atoms with Crippen molar-refractivity contribution in [2.75, 3.05) is 12.5 Å². The number of esters is 1.